The largest absolute Gasteiger partial charge is 0.508 e. The molecule has 13 N–H and O–H groups in total. The fourth-order valence-corrected chi connectivity index (χ4v) is 9.94. The summed E-state index contributed by atoms with van der Waals surface area (Å²) in [4.78, 5) is 125. The number of rotatable bonds is 25. The Morgan fingerprint density at radius 2 is 1.47 bits per heavy atom. The number of benzene rings is 2. The zero-order valence-electron chi connectivity index (χ0n) is 41.8. The molecule has 1 aromatic heterocycles. The number of likely N-dealkylation sites (N-methyl/N-ethyl adjacent to an activating group) is 1. The van der Waals surface area contributed by atoms with Gasteiger partial charge >= 0.3 is 5.97 Å². The standard InChI is InChI=1S/C49H69N13O10S/c1-28(2)39(60-41(65)33(56-38(64)25-52-5)13-9-19-54-48(50)51)43(67)57-34(21-30-15-17-32(63)18-16-30)46(70)62-27-73-49(3,4)40(62)44(68)58-35(23-31-24-53-26-55-31)45(69)61-20-10-14-37(61)42(66)59-36(47(71)72)22-29-11-7-6-8-12-29/h6-8,11-12,15-18,24,26,28,33-37,39-40,52,63H,9-10,13-14,19-23,25,27H2,1-5H3,(H,53,55)(H,56,64)(H,57,67)(H,58,68)(H,59,66)(H,60,65)(H,71,72)(H4,50,51,54)/t33-,34-,35-,36+,37-,39-,40-/m0/s1. The number of H-pyrrole nitrogens is 1. The molecule has 396 valence electrons. The molecular weight excluding hydrogens is 963 g/mol. The van der Waals surface area contributed by atoms with Crippen LogP contribution in [0.1, 0.15) is 70.2 Å². The normalized spacial score (nSPS) is 18.1. The second-order valence-electron chi connectivity index (χ2n) is 19.0. The maximum atomic E-state index is 15.0. The van der Waals surface area contributed by atoms with E-state index >= 15 is 4.79 Å². The van der Waals surface area contributed by atoms with Gasteiger partial charge in [0.2, 0.25) is 41.4 Å². The second-order valence-corrected chi connectivity index (χ2v) is 20.6. The zero-order chi connectivity index (χ0) is 53.4. The molecule has 0 aliphatic carbocycles. The predicted octanol–water partition coefficient (Wildman–Crippen LogP) is -0.748. The molecule has 7 atom stereocenters. The van der Waals surface area contributed by atoms with Crippen molar-refractivity contribution < 1.29 is 48.6 Å². The summed E-state index contributed by atoms with van der Waals surface area (Å²) in [5.41, 5.74) is 12.6. The lowest BCUT2D eigenvalue weighted by Gasteiger charge is -2.35. The van der Waals surface area contributed by atoms with Crippen LogP contribution in [0.5, 0.6) is 5.75 Å². The number of hydrogen-bond donors (Lipinski definition) is 11. The highest BCUT2D eigenvalue weighted by Gasteiger charge is 2.51. The second kappa shape index (κ2) is 26.5. The molecule has 5 rings (SSSR count). The lowest BCUT2D eigenvalue weighted by atomic mass is 9.97. The molecule has 23 nitrogen and oxygen atoms in total. The van der Waals surface area contributed by atoms with Crippen molar-refractivity contribution in [3.63, 3.8) is 0 Å². The van der Waals surface area contributed by atoms with Crippen LogP contribution in [0, 0.1) is 5.92 Å². The number of nitrogens with one attached hydrogen (secondary N) is 7. The van der Waals surface area contributed by atoms with Crippen LogP contribution in [0.3, 0.4) is 0 Å². The fourth-order valence-electron chi connectivity index (χ4n) is 8.80. The minimum absolute atomic E-state index is 0.00528. The Labute approximate surface area is 428 Å². The van der Waals surface area contributed by atoms with Gasteiger partial charge < -0.3 is 68.4 Å². The summed E-state index contributed by atoms with van der Waals surface area (Å²) < 4.78 is -0.947. The van der Waals surface area contributed by atoms with Gasteiger partial charge in [0.1, 0.15) is 48.0 Å². The molecule has 2 saturated heterocycles. The minimum atomic E-state index is -1.33. The van der Waals surface area contributed by atoms with Crippen LogP contribution in [0.15, 0.2) is 72.1 Å². The van der Waals surface area contributed by atoms with Crippen molar-refractivity contribution in [1.82, 2.24) is 51.7 Å². The average molecular weight is 1030 g/mol. The van der Waals surface area contributed by atoms with Gasteiger partial charge in [0.05, 0.1) is 18.7 Å². The molecule has 2 aromatic carbocycles. The van der Waals surface area contributed by atoms with Crippen LogP contribution < -0.4 is 43.4 Å². The molecule has 0 spiro atoms. The van der Waals surface area contributed by atoms with Crippen molar-refractivity contribution in [2.45, 2.75) is 120 Å². The monoisotopic (exact) mass is 1030 g/mol. The number of carbonyl (C=O) groups is 8. The van der Waals surface area contributed by atoms with E-state index in [9.17, 15) is 43.8 Å². The number of likely N-dealkylation sites (tertiary alicyclic amines) is 1. The summed E-state index contributed by atoms with van der Waals surface area (Å²) in [6.07, 6.45) is 3.87. The number of phenolic OH excluding ortho intramolecular Hbond substituents is 1. The number of amides is 7. The van der Waals surface area contributed by atoms with E-state index in [0.717, 1.165) is 0 Å². The Kier molecular flexibility index (Phi) is 20.6. The fraction of sp³-hybridized carbons (Fsp3) is 0.510. The third-order valence-corrected chi connectivity index (χ3v) is 14.0. The molecule has 3 aromatic rings. The molecule has 7 amide bonds. The molecule has 73 heavy (non-hydrogen) atoms. The minimum Gasteiger partial charge on any atom is -0.508 e. The van der Waals surface area contributed by atoms with Gasteiger partial charge in [0.15, 0.2) is 5.96 Å². The van der Waals surface area contributed by atoms with E-state index in [-0.39, 0.29) is 69.3 Å². The topological polar surface area (TPSA) is 349 Å². The van der Waals surface area contributed by atoms with E-state index in [2.05, 4.69) is 46.9 Å². The third-order valence-electron chi connectivity index (χ3n) is 12.6. The van der Waals surface area contributed by atoms with Gasteiger partial charge in [-0.1, -0.05) is 56.3 Å². The number of phenols is 1. The Balaban J connectivity index is 1.39. The smallest absolute Gasteiger partial charge is 0.326 e. The van der Waals surface area contributed by atoms with E-state index in [0.29, 0.717) is 29.7 Å². The predicted molar refractivity (Wildman–Crippen MR) is 272 cm³/mol. The van der Waals surface area contributed by atoms with E-state index < -0.39 is 100 Å². The van der Waals surface area contributed by atoms with Crippen LogP contribution >= 0.6 is 11.8 Å². The number of guanidine groups is 1. The maximum absolute atomic E-state index is 15.0. The van der Waals surface area contributed by atoms with Crippen LogP contribution in [0.4, 0.5) is 0 Å². The molecule has 3 heterocycles. The highest BCUT2D eigenvalue weighted by molar-refractivity contribution is 8.00. The van der Waals surface area contributed by atoms with Gasteiger partial charge in [0.25, 0.3) is 0 Å². The first-order chi connectivity index (χ1) is 34.7. The number of aromatic amines is 1. The Morgan fingerprint density at radius 1 is 0.822 bits per heavy atom. The van der Waals surface area contributed by atoms with E-state index in [1.165, 1.54) is 46.2 Å². The first kappa shape index (κ1) is 56.7. The van der Waals surface area contributed by atoms with Gasteiger partial charge in [-0.05, 0) is 75.8 Å². The number of hydrogen-bond acceptors (Lipinski definition) is 13. The van der Waals surface area contributed by atoms with E-state index in [1.54, 1.807) is 77.2 Å². The summed E-state index contributed by atoms with van der Waals surface area (Å²) in [5.74, 6) is -6.38. The lowest BCUT2D eigenvalue weighted by Crippen LogP contribution is -2.62. The van der Waals surface area contributed by atoms with Crippen LogP contribution in [0.2, 0.25) is 0 Å². The number of imidazole rings is 1. The molecule has 2 aliphatic rings. The molecule has 2 aliphatic heterocycles. The molecule has 0 unspecified atom stereocenters. The number of carbonyl (C=O) groups excluding carboxylic acids is 7. The number of nitrogens with zero attached hydrogens (tertiary/aromatic N) is 4. The Morgan fingerprint density at radius 3 is 2.10 bits per heavy atom. The van der Waals surface area contributed by atoms with Crippen molar-refractivity contribution in [2.24, 2.45) is 22.4 Å². The summed E-state index contributed by atoms with van der Waals surface area (Å²) in [5, 5.41) is 36.6. The first-order valence-corrected chi connectivity index (χ1v) is 25.1. The van der Waals surface area contributed by atoms with Crippen LogP contribution in [0.25, 0.3) is 0 Å². The molecule has 0 radical (unpaired) electrons. The maximum Gasteiger partial charge on any atom is 0.326 e. The summed E-state index contributed by atoms with van der Waals surface area (Å²) in [6, 6.07) is 6.43. The number of aliphatic imine (C=N–C) groups is 1. The van der Waals surface area contributed by atoms with Crippen LogP contribution in [-0.2, 0) is 57.6 Å². The average Bonchev–Trinajstić information content (AvgIpc) is 4.12. The first-order valence-electron chi connectivity index (χ1n) is 24.2. The number of aliphatic carboxylic acids is 1. The van der Waals surface area contributed by atoms with Crippen molar-refractivity contribution in [2.75, 3.05) is 32.6 Å². The molecule has 0 saturated carbocycles. The van der Waals surface area contributed by atoms with Crippen molar-refractivity contribution in [1.29, 1.82) is 0 Å². The van der Waals surface area contributed by atoms with Crippen molar-refractivity contribution in [3.8, 4) is 5.75 Å². The summed E-state index contributed by atoms with van der Waals surface area (Å²) in [7, 11) is 1.57. The number of nitrogens with two attached hydrogens (primary N) is 2. The molecule has 2 fully saturated rings. The van der Waals surface area contributed by atoms with E-state index in [1.807, 2.05) is 0 Å². The lowest BCUT2D eigenvalue weighted by molar-refractivity contribution is -0.146. The third kappa shape index (κ3) is 16.1. The van der Waals surface area contributed by atoms with Gasteiger partial charge in [-0.25, -0.2) is 9.78 Å². The number of carboxylic acids is 1. The van der Waals surface area contributed by atoms with Gasteiger partial charge in [-0.2, -0.15) is 0 Å². The molecule has 0 bridgehead atoms. The van der Waals surface area contributed by atoms with Crippen molar-refractivity contribution in [3.05, 3.63) is 83.9 Å². The van der Waals surface area contributed by atoms with Crippen molar-refractivity contribution >= 4 is 65.0 Å². The highest BCUT2D eigenvalue weighted by atomic mass is 32.2. The Hall–Kier alpha value is -7.21. The number of thioether (sulfide) groups is 1. The molecular formula is C49H69N13O10S. The molecule has 24 heteroatoms. The van der Waals surface area contributed by atoms with Gasteiger partial charge in [-0.3, -0.25) is 38.6 Å². The van der Waals surface area contributed by atoms with Crippen LogP contribution in [-0.4, -0.2) is 163 Å². The number of aromatic nitrogens is 2. The number of carboxylic acid groups (broad SMARTS) is 1. The number of aromatic hydroxyl groups is 1. The highest BCUT2D eigenvalue weighted by Crippen LogP contribution is 2.40. The van der Waals surface area contributed by atoms with Gasteiger partial charge in [0, 0.05) is 49.0 Å². The van der Waals surface area contributed by atoms with Gasteiger partial charge in [-0.15, -0.1) is 11.8 Å². The van der Waals surface area contributed by atoms with E-state index in [4.69, 9.17) is 11.5 Å². The Bertz CT molecular complexity index is 2420. The summed E-state index contributed by atoms with van der Waals surface area (Å²) >= 11 is 1.30. The summed E-state index contributed by atoms with van der Waals surface area (Å²) in [6.45, 7) is 7.20. The SMILES string of the molecule is CNCC(=O)N[C@@H](CCCN=C(N)N)C(=O)N[C@H](C(=O)N[C@@H](Cc1ccc(O)cc1)C(=O)N1CSC(C)(C)[C@@H]1C(=O)N[C@@H](Cc1cnc[nH]1)C(=O)N1CCC[C@H]1C(=O)N[C@H](Cc1ccccc1)C(=O)O)C(C)C. The quantitative estimate of drug-likeness (QED) is 0.0283. The zero-order valence-corrected chi connectivity index (χ0v) is 42.6.